The lowest BCUT2D eigenvalue weighted by molar-refractivity contribution is 0.0987. The summed E-state index contributed by atoms with van der Waals surface area (Å²) in [5.74, 6) is -0.0784. The number of rotatable bonds is 3. The number of hydrogen-bond acceptors (Lipinski definition) is 1. The Kier molecular flexibility index (Phi) is 3.97. The first-order valence-electron chi connectivity index (χ1n) is 5.17. The van der Waals surface area contributed by atoms with E-state index in [0.29, 0.717) is 5.56 Å². The van der Waals surface area contributed by atoms with Crippen molar-refractivity contribution in [3.8, 4) is 0 Å². The zero-order valence-electron chi connectivity index (χ0n) is 8.94. The third-order valence-electron chi connectivity index (χ3n) is 2.45. The van der Waals surface area contributed by atoms with Crippen molar-refractivity contribution >= 4 is 33.3 Å². The van der Waals surface area contributed by atoms with Crippen molar-refractivity contribution < 1.29 is 4.79 Å². The molecule has 2 rings (SSSR count). The van der Waals surface area contributed by atoms with Crippen molar-refractivity contribution in [3.05, 3.63) is 70.2 Å². The van der Waals surface area contributed by atoms with Crippen LogP contribution in [0.25, 0.3) is 0 Å². The van der Waals surface area contributed by atoms with Gasteiger partial charge in [0.05, 0.1) is 0 Å². The van der Waals surface area contributed by atoms with E-state index in [0.717, 1.165) is 10.0 Å². The van der Waals surface area contributed by atoms with Gasteiger partial charge in [-0.3, -0.25) is 4.79 Å². The summed E-state index contributed by atoms with van der Waals surface area (Å²) in [6.45, 7) is 0. The van der Waals surface area contributed by atoms with Gasteiger partial charge in [-0.05, 0) is 17.7 Å². The number of benzene rings is 2. The highest BCUT2D eigenvalue weighted by Gasteiger charge is 2.18. The van der Waals surface area contributed by atoms with Gasteiger partial charge in [-0.15, -0.1) is 11.6 Å². The Morgan fingerprint density at radius 3 is 2.18 bits per heavy atom. The van der Waals surface area contributed by atoms with E-state index in [1.165, 1.54) is 0 Å². The van der Waals surface area contributed by atoms with Crippen LogP contribution in [0.2, 0.25) is 0 Å². The van der Waals surface area contributed by atoms with E-state index in [9.17, 15) is 4.79 Å². The van der Waals surface area contributed by atoms with E-state index in [2.05, 4.69) is 15.9 Å². The van der Waals surface area contributed by atoms with Gasteiger partial charge in [0, 0.05) is 10.0 Å². The van der Waals surface area contributed by atoms with Gasteiger partial charge < -0.3 is 0 Å². The summed E-state index contributed by atoms with van der Waals surface area (Å²) in [4.78, 5) is 12.1. The van der Waals surface area contributed by atoms with Gasteiger partial charge in [0.2, 0.25) is 0 Å². The average molecular weight is 310 g/mol. The molecule has 1 atom stereocenters. The molecule has 86 valence electrons. The predicted octanol–water partition coefficient (Wildman–Crippen LogP) is 4.61. The molecule has 0 heterocycles. The van der Waals surface area contributed by atoms with Crippen LogP contribution in [0.1, 0.15) is 21.3 Å². The zero-order valence-corrected chi connectivity index (χ0v) is 11.3. The minimum atomic E-state index is -0.627. The fourth-order valence-electron chi connectivity index (χ4n) is 1.53. The molecular formula is C14H10BrClO. The van der Waals surface area contributed by atoms with Gasteiger partial charge in [0.25, 0.3) is 0 Å². The first-order valence-corrected chi connectivity index (χ1v) is 6.40. The fourth-order valence-corrected chi connectivity index (χ4v) is 2.07. The minimum absolute atomic E-state index is 0.0784. The molecule has 3 heteroatoms. The second kappa shape index (κ2) is 5.48. The molecule has 0 aliphatic carbocycles. The van der Waals surface area contributed by atoms with E-state index < -0.39 is 5.38 Å². The van der Waals surface area contributed by atoms with Crippen LogP contribution in [0.4, 0.5) is 0 Å². The first kappa shape index (κ1) is 12.3. The third kappa shape index (κ3) is 2.96. The first-order chi connectivity index (χ1) is 8.18. The Labute approximate surface area is 114 Å². The average Bonchev–Trinajstić information content (AvgIpc) is 2.39. The van der Waals surface area contributed by atoms with Crippen LogP contribution in [-0.2, 0) is 0 Å². The molecule has 0 aliphatic heterocycles. The van der Waals surface area contributed by atoms with Crippen LogP contribution in [0.15, 0.2) is 59.1 Å². The highest BCUT2D eigenvalue weighted by atomic mass is 79.9. The lowest BCUT2D eigenvalue weighted by Crippen LogP contribution is -2.07. The Morgan fingerprint density at radius 1 is 1.00 bits per heavy atom. The largest absolute Gasteiger partial charge is 0.292 e. The van der Waals surface area contributed by atoms with Crippen molar-refractivity contribution in [1.82, 2.24) is 0 Å². The number of carbonyl (C=O) groups excluding carboxylic acids is 1. The number of hydrogen-bond donors (Lipinski definition) is 0. The summed E-state index contributed by atoms with van der Waals surface area (Å²) in [5, 5.41) is -0.627. The standard InChI is InChI=1S/C14H10BrClO/c15-12-8-6-11(7-9-12)14(17)13(16)10-4-2-1-3-5-10/h1-9,13H. The van der Waals surface area contributed by atoms with E-state index in [1.807, 2.05) is 42.5 Å². The molecule has 0 amide bonds. The molecule has 0 bridgehead atoms. The van der Waals surface area contributed by atoms with E-state index in [-0.39, 0.29) is 5.78 Å². The van der Waals surface area contributed by atoms with Gasteiger partial charge in [-0.1, -0.05) is 58.4 Å². The van der Waals surface area contributed by atoms with E-state index in [1.54, 1.807) is 12.1 Å². The maximum absolute atomic E-state index is 12.1. The molecule has 0 radical (unpaired) electrons. The normalized spacial score (nSPS) is 12.1. The SMILES string of the molecule is O=C(c1ccc(Br)cc1)C(Cl)c1ccccc1. The lowest BCUT2D eigenvalue weighted by atomic mass is 10.0. The number of ketones is 1. The monoisotopic (exact) mass is 308 g/mol. The summed E-state index contributed by atoms with van der Waals surface area (Å²) in [7, 11) is 0. The van der Waals surface area contributed by atoms with Crippen LogP contribution in [-0.4, -0.2) is 5.78 Å². The number of alkyl halides is 1. The predicted molar refractivity (Wildman–Crippen MR) is 73.5 cm³/mol. The second-order valence-corrected chi connectivity index (χ2v) is 5.00. The molecule has 2 aromatic rings. The summed E-state index contributed by atoms with van der Waals surface area (Å²) in [5.41, 5.74) is 1.44. The summed E-state index contributed by atoms with van der Waals surface area (Å²) >= 11 is 9.50. The molecule has 17 heavy (non-hydrogen) atoms. The summed E-state index contributed by atoms with van der Waals surface area (Å²) in [6, 6.07) is 16.6. The van der Waals surface area contributed by atoms with Crippen molar-refractivity contribution in [3.63, 3.8) is 0 Å². The number of Topliss-reactive ketones (excluding diaryl/α,β-unsaturated/α-hetero) is 1. The molecule has 1 nitrogen and oxygen atoms in total. The zero-order chi connectivity index (χ0) is 12.3. The fraction of sp³-hybridized carbons (Fsp3) is 0.0714. The topological polar surface area (TPSA) is 17.1 Å². The Bertz CT molecular complexity index is 508. The van der Waals surface area contributed by atoms with Crippen molar-refractivity contribution in [2.45, 2.75) is 5.38 Å². The molecule has 0 saturated heterocycles. The number of halogens is 2. The molecule has 0 aromatic heterocycles. The van der Waals surface area contributed by atoms with Crippen LogP contribution in [0.5, 0.6) is 0 Å². The molecule has 0 fully saturated rings. The maximum atomic E-state index is 12.1. The molecule has 0 saturated carbocycles. The van der Waals surface area contributed by atoms with Crippen molar-refractivity contribution in [2.24, 2.45) is 0 Å². The summed E-state index contributed by atoms with van der Waals surface area (Å²) in [6.07, 6.45) is 0. The highest BCUT2D eigenvalue weighted by molar-refractivity contribution is 9.10. The third-order valence-corrected chi connectivity index (χ3v) is 3.43. The quantitative estimate of drug-likeness (QED) is 0.597. The summed E-state index contributed by atoms with van der Waals surface area (Å²) < 4.78 is 0.944. The number of carbonyl (C=O) groups is 1. The van der Waals surface area contributed by atoms with Gasteiger partial charge in [-0.2, -0.15) is 0 Å². The Balaban J connectivity index is 2.23. The lowest BCUT2D eigenvalue weighted by Gasteiger charge is -2.08. The van der Waals surface area contributed by atoms with Gasteiger partial charge in [0.1, 0.15) is 5.38 Å². The van der Waals surface area contributed by atoms with Gasteiger partial charge >= 0.3 is 0 Å². The molecule has 1 unspecified atom stereocenters. The second-order valence-electron chi connectivity index (χ2n) is 3.64. The van der Waals surface area contributed by atoms with Crippen LogP contribution >= 0.6 is 27.5 Å². The molecule has 0 N–H and O–H groups in total. The van der Waals surface area contributed by atoms with E-state index >= 15 is 0 Å². The van der Waals surface area contributed by atoms with Crippen LogP contribution in [0, 0.1) is 0 Å². The van der Waals surface area contributed by atoms with Gasteiger partial charge in [-0.25, -0.2) is 0 Å². The minimum Gasteiger partial charge on any atom is -0.292 e. The molecule has 0 spiro atoms. The molecular weight excluding hydrogens is 300 g/mol. The Hall–Kier alpha value is -1.12. The molecule has 0 aliphatic rings. The van der Waals surface area contributed by atoms with Crippen molar-refractivity contribution in [1.29, 1.82) is 0 Å². The van der Waals surface area contributed by atoms with Crippen LogP contribution in [0.3, 0.4) is 0 Å². The van der Waals surface area contributed by atoms with E-state index in [4.69, 9.17) is 11.6 Å². The van der Waals surface area contributed by atoms with Crippen molar-refractivity contribution in [2.75, 3.05) is 0 Å². The van der Waals surface area contributed by atoms with Gasteiger partial charge in [0.15, 0.2) is 5.78 Å². The smallest absolute Gasteiger partial charge is 0.185 e. The highest BCUT2D eigenvalue weighted by Crippen LogP contribution is 2.25. The Morgan fingerprint density at radius 2 is 1.59 bits per heavy atom. The molecule has 2 aromatic carbocycles. The van der Waals surface area contributed by atoms with Crippen LogP contribution < -0.4 is 0 Å². The maximum Gasteiger partial charge on any atom is 0.185 e.